The molecule has 1 aliphatic heterocycles. The van der Waals surface area contributed by atoms with Crippen molar-refractivity contribution >= 4 is 35.8 Å². The van der Waals surface area contributed by atoms with Gasteiger partial charge in [0.1, 0.15) is 0 Å². The minimum absolute atomic E-state index is 0. The van der Waals surface area contributed by atoms with Gasteiger partial charge < -0.3 is 18.8 Å². The second kappa shape index (κ2) is 10.3. The lowest BCUT2D eigenvalue weighted by atomic mass is 9.97. The van der Waals surface area contributed by atoms with Gasteiger partial charge in [0, 0.05) is 31.1 Å². The predicted octanol–water partition coefficient (Wildman–Crippen LogP) is 3.35. The lowest BCUT2D eigenvalue weighted by Crippen LogP contribution is -2.43. The van der Waals surface area contributed by atoms with Crippen molar-refractivity contribution in [1.82, 2.24) is 9.80 Å². The molecule has 6 nitrogen and oxygen atoms in total. The van der Waals surface area contributed by atoms with Crippen molar-refractivity contribution in [2.24, 2.45) is 0 Å². The molecular formula is C20H30Cl2N2O4. The van der Waals surface area contributed by atoms with Gasteiger partial charge in [0.05, 0.1) is 19.8 Å². The monoisotopic (exact) mass is 432 g/mol. The van der Waals surface area contributed by atoms with Gasteiger partial charge in [-0.15, -0.1) is 24.8 Å². The Bertz CT molecular complexity index is 856. The molecule has 0 saturated heterocycles. The number of rotatable bonds is 6. The number of nitrogens with zero attached hydrogens (tertiary/aromatic N) is 2. The van der Waals surface area contributed by atoms with Crippen LogP contribution in [0.15, 0.2) is 21.3 Å². The first kappa shape index (κ1) is 24.6. The van der Waals surface area contributed by atoms with Crippen LogP contribution in [-0.4, -0.2) is 56.7 Å². The van der Waals surface area contributed by atoms with E-state index in [1.54, 1.807) is 14.2 Å². The molecule has 1 aliphatic rings. The molecule has 0 amide bonds. The Kier molecular flexibility index (Phi) is 9.08. The molecule has 0 N–H and O–H groups in total. The molecule has 0 fully saturated rings. The molecule has 28 heavy (non-hydrogen) atoms. The fraction of sp³-hybridized carbons (Fsp3) is 0.550. The van der Waals surface area contributed by atoms with Crippen LogP contribution in [0.5, 0.6) is 11.5 Å². The molecule has 158 valence electrons. The topological polar surface area (TPSA) is 55.2 Å². The molecule has 0 spiro atoms. The van der Waals surface area contributed by atoms with Crippen LogP contribution < -0.4 is 15.1 Å². The molecule has 1 unspecified atom stereocenters. The highest BCUT2D eigenvalue weighted by Gasteiger charge is 2.26. The summed E-state index contributed by atoms with van der Waals surface area (Å²) < 4.78 is 16.4. The normalized spacial score (nSPS) is 14.8. The molecule has 1 aromatic carbocycles. The molecule has 3 rings (SSSR count). The van der Waals surface area contributed by atoms with Crippen molar-refractivity contribution in [2.75, 3.05) is 40.9 Å². The number of methoxy groups -OCH3 is 2. The summed E-state index contributed by atoms with van der Waals surface area (Å²) in [5.74, 6) is 1.04. The molecule has 0 bridgehead atoms. The van der Waals surface area contributed by atoms with Crippen molar-refractivity contribution in [3.8, 4) is 11.5 Å². The van der Waals surface area contributed by atoms with Crippen LogP contribution in [0.25, 0.3) is 11.0 Å². The largest absolute Gasteiger partial charge is 0.493 e. The van der Waals surface area contributed by atoms with E-state index >= 15 is 0 Å². The van der Waals surface area contributed by atoms with Gasteiger partial charge in [-0.2, -0.15) is 0 Å². The van der Waals surface area contributed by atoms with E-state index in [9.17, 15) is 4.79 Å². The Morgan fingerprint density at radius 1 is 1.21 bits per heavy atom. The summed E-state index contributed by atoms with van der Waals surface area (Å²) in [6.07, 6.45) is 0.829. The number of hydrogen-bond donors (Lipinski definition) is 0. The van der Waals surface area contributed by atoms with E-state index in [4.69, 9.17) is 13.9 Å². The highest BCUT2D eigenvalue weighted by molar-refractivity contribution is 5.89. The first-order valence-electron chi connectivity index (χ1n) is 9.12. The quantitative estimate of drug-likeness (QED) is 0.652. The van der Waals surface area contributed by atoms with E-state index in [2.05, 4.69) is 30.7 Å². The van der Waals surface area contributed by atoms with Crippen LogP contribution in [0, 0.1) is 0 Å². The summed E-state index contributed by atoms with van der Waals surface area (Å²) in [5, 5.41) is 0.940. The van der Waals surface area contributed by atoms with Crippen LogP contribution in [-0.2, 0) is 13.0 Å². The maximum Gasteiger partial charge on any atom is 0.341 e. The molecule has 2 heterocycles. The molecule has 0 radical (unpaired) electrons. The Morgan fingerprint density at radius 3 is 2.54 bits per heavy atom. The van der Waals surface area contributed by atoms with Crippen LogP contribution >= 0.6 is 24.8 Å². The number of hydrogen-bond acceptors (Lipinski definition) is 6. The van der Waals surface area contributed by atoms with Crippen molar-refractivity contribution in [3.63, 3.8) is 0 Å². The van der Waals surface area contributed by atoms with Crippen LogP contribution in [0.4, 0.5) is 0 Å². The van der Waals surface area contributed by atoms with Gasteiger partial charge in [-0.3, -0.25) is 4.90 Å². The number of benzene rings is 1. The van der Waals surface area contributed by atoms with E-state index < -0.39 is 0 Å². The summed E-state index contributed by atoms with van der Waals surface area (Å²) >= 11 is 0. The molecule has 2 aromatic rings. The van der Waals surface area contributed by atoms with Crippen molar-refractivity contribution < 1.29 is 13.9 Å². The number of ether oxygens (including phenoxy) is 2. The number of halogens is 2. The van der Waals surface area contributed by atoms with E-state index in [0.717, 1.165) is 42.6 Å². The van der Waals surface area contributed by atoms with Gasteiger partial charge in [-0.05, 0) is 44.6 Å². The first-order chi connectivity index (χ1) is 12.5. The zero-order valence-electron chi connectivity index (χ0n) is 17.1. The Balaban J connectivity index is 0.00000196. The smallest absolute Gasteiger partial charge is 0.341 e. The molecule has 0 saturated carbocycles. The summed E-state index contributed by atoms with van der Waals surface area (Å²) in [7, 11) is 5.26. The molecule has 8 heteroatoms. The fourth-order valence-corrected chi connectivity index (χ4v) is 3.68. The lowest BCUT2D eigenvalue weighted by Gasteiger charge is -2.33. The maximum absolute atomic E-state index is 12.7. The third-order valence-corrected chi connectivity index (χ3v) is 5.46. The summed E-state index contributed by atoms with van der Waals surface area (Å²) in [6.45, 7) is 7.89. The van der Waals surface area contributed by atoms with E-state index in [1.165, 1.54) is 0 Å². The van der Waals surface area contributed by atoms with Gasteiger partial charge in [0.25, 0.3) is 0 Å². The van der Waals surface area contributed by atoms with Gasteiger partial charge in [-0.1, -0.05) is 6.92 Å². The Morgan fingerprint density at radius 2 is 1.93 bits per heavy atom. The zero-order chi connectivity index (χ0) is 18.8. The van der Waals surface area contributed by atoms with Gasteiger partial charge in [-0.25, -0.2) is 4.79 Å². The second-order valence-electron chi connectivity index (χ2n) is 6.93. The fourth-order valence-electron chi connectivity index (χ4n) is 3.68. The van der Waals surface area contributed by atoms with Crippen molar-refractivity contribution in [1.29, 1.82) is 0 Å². The number of likely N-dealkylation sites (N-methyl/N-ethyl adjacent to an activating group) is 1. The average molecular weight is 433 g/mol. The third kappa shape index (κ3) is 4.57. The minimum Gasteiger partial charge on any atom is -0.493 e. The maximum atomic E-state index is 12.7. The van der Waals surface area contributed by atoms with Crippen LogP contribution in [0.3, 0.4) is 0 Å². The summed E-state index contributed by atoms with van der Waals surface area (Å²) in [6, 6.07) is 4.27. The predicted molar refractivity (Wildman–Crippen MR) is 117 cm³/mol. The molecular weight excluding hydrogens is 403 g/mol. The third-order valence-electron chi connectivity index (χ3n) is 5.46. The van der Waals surface area contributed by atoms with Gasteiger partial charge >= 0.3 is 5.63 Å². The second-order valence-corrected chi connectivity index (χ2v) is 6.93. The van der Waals surface area contributed by atoms with E-state index in [0.29, 0.717) is 29.7 Å². The SMILES string of the molecule is CCN(C)C(C)CN1CCc2c(c(=O)oc3c(OC)c(OC)ccc23)C1.Cl.Cl. The van der Waals surface area contributed by atoms with Crippen molar-refractivity contribution in [2.45, 2.75) is 32.9 Å². The minimum atomic E-state index is -0.278. The highest BCUT2D eigenvalue weighted by Crippen LogP contribution is 2.37. The zero-order valence-corrected chi connectivity index (χ0v) is 18.7. The lowest BCUT2D eigenvalue weighted by molar-refractivity contribution is 0.165. The van der Waals surface area contributed by atoms with Crippen molar-refractivity contribution in [3.05, 3.63) is 33.7 Å². The Hall–Kier alpha value is -1.47. The average Bonchev–Trinajstić information content (AvgIpc) is 2.66. The van der Waals surface area contributed by atoms with E-state index in [-0.39, 0.29) is 30.4 Å². The first-order valence-corrected chi connectivity index (χ1v) is 9.12. The van der Waals surface area contributed by atoms with Gasteiger partial charge in [0.15, 0.2) is 11.3 Å². The summed E-state index contributed by atoms with van der Waals surface area (Å²) in [5.41, 5.74) is 2.04. The standard InChI is InChI=1S/C20H28N2O4.2ClH/c1-6-21(3)13(2)11-22-10-9-14-15-7-8-17(24-4)19(25-5)18(15)26-20(23)16(14)12-22;;/h7-8,13H,6,9-12H2,1-5H3;2*1H. The summed E-state index contributed by atoms with van der Waals surface area (Å²) in [4.78, 5) is 17.3. The Labute approximate surface area is 178 Å². The molecule has 0 aliphatic carbocycles. The molecule has 1 atom stereocenters. The molecule has 1 aromatic heterocycles. The van der Waals surface area contributed by atoms with Crippen LogP contribution in [0.2, 0.25) is 0 Å². The van der Waals surface area contributed by atoms with Crippen LogP contribution in [0.1, 0.15) is 25.0 Å². The highest BCUT2D eigenvalue weighted by atomic mass is 35.5. The van der Waals surface area contributed by atoms with E-state index in [1.807, 2.05) is 12.1 Å². The van der Waals surface area contributed by atoms with Gasteiger partial charge in [0.2, 0.25) is 5.75 Å². The number of fused-ring (bicyclic) bond motifs is 3.